The molecular formula is C26H28O2. The summed E-state index contributed by atoms with van der Waals surface area (Å²) >= 11 is 0. The van der Waals surface area contributed by atoms with Crippen molar-refractivity contribution in [2.75, 3.05) is 7.11 Å². The van der Waals surface area contributed by atoms with Crippen molar-refractivity contribution in [3.05, 3.63) is 95.6 Å². The van der Waals surface area contributed by atoms with Crippen LogP contribution in [0.15, 0.2) is 78.9 Å². The van der Waals surface area contributed by atoms with Gasteiger partial charge in [-0.1, -0.05) is 66.7 Å². The standard InChI is InChI=1S/C26H28O2/c1-27-25-17-16-22(19-26(25)28-23-14-8-9-15-23)24(21-12-6-3-7-13-21)18-20-10-4-2-5-11-20/h2-7,10-13,16-17,19,23-24H,8-9,14-15,18H2,1H3/t24-/m1/s1. The summed E-state index contributed by atoms with van der Waals surface area (Å²) in [5.74, 6) is 1.98. The Kier molecular flexibility index (Phi) is 5.96. The summed E-state index contributed by atoms with van der Waals surface area (Å²) in [6.45, 7) is 0. The second-order valence-corrected chi connectivity index (χ2v) is 7.59. The molecule has 1 saturated carbocycles. The van der Waals surface area contributed by atoms with E-state index in [1.807, 2.05) is 0 Å². The molecule has 0 aromatic heterocycles. The molecule has 2 nitrogen and oxygen atoms in total. The Morgan fingerprint density at radius 3 is 2.14 bits per heavy atom. The summed E-state index contributed by atoms with van der Waals surface area (Å²) in [4.78, 5) is 0. The average molecular weight is 373 g/mol. The summed E-state index contributed by atoms with van der Waals surface area (Å²) in [5, 5.41) is 0. The lowest BCUT2D eigenvalue weighted by Crippen LogP contribution is -2.12. The van der Waals surface area contributed by atoms with Crippen LogP contribution in [0, 0.1) is 0 Å². The van der Waals surface area contributed by atoms with E-state index in [1.165, 1.54) is 29.5 Å². The minimum Gasteiger partial charge on any atom is -0.493 e. The molecule has 1 atom stereocenters. The van der Waals surface area contributed by atoms with E-state index in [0.717, 1.165) is 30.8 Å². The molecule has 0 saturated heterocycles. The minimum absolute atomic E-state index is 0.278. The van der Waals surface area contributed by atoms with Crippen LogP contribution in [0.3, 0.4) is 0 Å². The van der Waals surface area contributed by atoms with Gasteiger partial charge in [-0.3, -0.25) is 0 Å². The molecule has 28 heavy (non-hydrogen) atoms. The van der Waals surface area contributed by atoms with E-state index in [4.69, 9.17) is 9.47 Å². The van der Waals surface area contributed by atoms with Gasteiger partial charge in [0.05, 0.1) is 13.2 Å². The lowest BCUT2D eigenvalue weighted by molar-refractivity contribution is 0.200. The van der Waals surface area contributed by atoms with E-state index >= 15 is 0 Å². The first-order valence-electron chi connectivity index (χ1n) is 10.3. The fourth-order valence-corrected chi connectivity index (χ4v) is 4.15. The van der Waals surface area contributed by atoms with Crippen molar-refractivity contribution in [3.63, 3.8) is 0 Å². The van der Waals surface area contributed by atoms with Gasteiger partial charge in [0.1, 0.15) is 0 Å². The Labute approximate surface area is 168 Å². The normalized spacial score (nSPS) is 15.3. The molecule has 3 aromatic rings. The predicted octanol–water partition coefficient (Wildman–Crippen LogP) is 6.39. The molecule has 1 aliphatic carbocycles. The van der Waals surface area contributed by atoms with Crippen molar-refractivity contribution in [2.45, 2.75) is 44.1 Å². The first kappa shape index (κ1) is 18.6. The van der Waals surface area contributed by atoms with Crippen molar-refractivity contribution in [1.29, 1.82) is 0 Å². The maximum Gasteiger partial charge on any atom is 0.161 e. The molecule has 0 N–H and O–H groups in total. The van der Waals surface area contributed by atoms with Crippen LogP contribution in [-0.4, -0.2) is 13.2 Å². The highest BCUT2D eigenvalue weighted by molar-refractivity contribution is 5.47. The van der Waals surface area contributed by atoms with Gasteiger partial charge >= 0.3 is 0 Å². The van der Waals surface area contributed by atoms with Crippen LogP contribution in [0.5, 0.6) is 11.5 Å². The number of ether oxygens (including phenoxy) is 2. The summed E-state index contributed by atoms with van der Waals surface area (Å²) in [6, 6.07) is 27.9. The SMILES string of the molecule is COc1ccc([C@H](Cc2ccccc2)c2ccccc2)cc1OC1CCCC1. The Morgan fingerprint density at radius 2 is 1.46 bits per heavy atom. The van der Waals surface area contributed by atoms with Crippen LogP contribution in [0.4, 0.5) is 0 Å². The third kappa shape index (κ3) is 4.39. The van der Waals surface area contributed by atoms with E-state index in [-0.39, 0.29) is 5.92 Å². The largest absolute Gasteiger partial charge is 0.493 e. The summed E-state index contributed by atoms with van der Waals surface area (Å²) < 4.78 is 11.9. The molecule has 3 aromatic carbocycles. The summed E-state index contributed by atoms with van der Waals surface area (Å²) in [5.41, 5.74) is 3.93. The highest BCUT2D eigenvalue weighted by Gasteiger charge is 2.21. The topological polar surface area (TPSA) is 18.5 Å². The second kappa shape index (κ2) is 8.97. The monoisotopic (exact) mass is 372 g/mol. The number of rotatable bonds is 7. The fraction of sp³-hybridized carbons (Fsp3) is 0.308. The van der Waals surface area contributed by atoms with E-state index in [1.54, 1.807) is 7.11 Å². The van der Waals surface area contributed by atoms with Crippen LogP contribution in [0.2, 0.25) is 0 Å². The highest BCUT2D eigenvalue weighted by atomic mass is 16.5. The van der Waals surface area contributed by atoms with Gasteiger partial charge in [-0.15, -0.1) is 0 Å². The second-order valence-electron chi connectivity index (χ2n) is 7.59. The van der Waals surface area contributed by atoms with Crippen molar-refractivity contribution in [1.82, 2.24) is 0 Å². The molecule has 0 amide bonds. The first-order valence-corrected chi connectivity index (χ1v) is 10.3. The van der Waals surface area contributed by atoms with Crippen molar-refractivity contribution in [3.8, 4) is 11.5 Å². The Balaban J connectivity index is 1.68. The van der Waals surface area contributed by atoms with Gasteiger partial charge in [-0.2, -0.15) is 0 Å². The maximum absolute atomic E-state index is 6.35. The quantitative estimate of drug-likeness (QED) is 0.478. The molecule has 0 spiro atoms. The zero-order valence-corrected chi connectivity index (χ0v) is 16.5. The Bertz CT molecular complexity index is 867. The molecule has 2 heteroatoms. The number of hydrogen-bond donors (Lipinski definition) is 0. The van der Waals surface area contributed by atoms with Crippen LogP contribution >= 0.6 is 0 Å². The van der Waals surface area contributed by atoms with Gasteiger partial charge in [0, 0.05) is 5.92 Å². The molecule has 0 unspecified atom stereocenters. The number of benzene rings is 3. The first-order chi connectivity index (χ1) is 13.8. The molecule has 144 valence electrons. The predicted molar refractivity (Wildman–Crippen MR) is 114 cm³/mol. The fourth-order valence-electron chi connectivity index (χ4n) is 4.15. The highest BCUT2D eigenvalue weighted by Crippen LogP contribution is 2.37. The van der Waals surface area contributed by atoms with Crippen LogP contribution in [0.25, 0.3) is 0 Å². The zero-order chi connectivity index (χ0) is 19.2. The Hall–Kier alpha value is -2.74. The van der Waals surface area contributed by atoms with Gasteiger partial charge in [-0.05, 0) is 60.9 Å². The summed E-state index contributed by atoms with van der Waals surface area (Å²) in [6.07, 6.45) is 6.06. The average Bonchev–Trinajstić information content (AvgIpc) is 3.26. The minimum atomic E-state index is 0.278. The maximum atomic E-state index is 6.35. The van der Waals surface area contributed by atoms with Crippen LogP contribution < -0.4 is 9.47 Å². The van der Waals surface area contributed by atoms with E-state index in [9.17, 15) is 0 Å². The van der Waals surface area contributed by atoms with Gasteiger partial charge in [0.2, 0.25) is 0 Å². The van der Waals surface area contributed by atoms with E-state index in [2.05, 4.69) is 78.9 Å². The van der Waals surface area contributed by atoms with Gasteiger partial charge in [-0.25, -0.2) is 0 Å². The molecule has 1 aliphatic rings. The number of hydrogen-bond acceptors (Lipinski definition) is 2. The van der Waals surface area contributed by atoms with E-state index < -0.39 is 0 Å². The lowest BCUT2D eigenvalue weighted by atomic mass is 9.86. The van der Waals surface area contributed by atoms with Crippen molar-refractivity contribution >= 4 is 0 Å². The summed E-state index contributed by atoms with van der Waals surface area (Å²) in [7, 11) is 1.72. The van der Waals surface area contributed by atoms with Crippen molar-refractivity contribution in [2.24, 2.45) is 0 Å². The third-order valence-electron chi connectivity index (χ3n) is 5.67. The van der Waals surface area contributed by atoms with E-state index in [0.29, 0.717) is 6.10 Å². The molecular weight excluding hydrogens is 344 g/mol. The van der Waals surface area contributed by atoms with Crippen molar-refractivity contribution < 1.29 is 9.47 Å². The molecule has 0 radical (unpaired) electrons. The third-order valence-corrected chi connectivity index (χ3v) is 5.67. The zero-order valence-electron chi connectivity index (χ0n) is 16.5. The van der Waals surface area contributed by atoms with Crippen LogP contribution in [-0.2, 0) is 6.42 Å². The van der Waals surface area contributed by atoms with Gasteiger partial charge < -0.3 is 9.47 Å². The molecule has 0 heterocycles. The molecule has 1 fully saturated rings. The molecule has 0 aliphatic heterocycles. The molecule has 4 rings (SSSR count). The number of methoxy groups -OCH3 is 1. The van der Waals surface area contributed by atoms with Gasteiger partial charge in [0.15, 0.2) is 11.5 Å². The smallest absolute Gasteiger partial charge is 0.161 e. The van der Waals surface area contributed by atoms with Gasteiger partial charge in [0.25, 0.3) is 0 Å². The van der Waals surface area contributed by atoms with Crippen LogP contribution in [0.1, 0.15) is 48.3 Å². The Morgan fingerprint density at radius 1 is 0.786 bits per heavy atom. The lowest BCUT2D eigenvalue weighted by Gasteiger charge is -2.22. The molecule has 0 bridgehead atoms.